The number of phenolic OH excluding ortho intramolecular Hbond substituents is 2. The molecule has 0 aliphatic heterocycles. The Balaban J connectivity index is 2.21. The van der Waals surface area contributed by atoms with Gasteiger partial charge >= 0.3 is 0 Å². The Morgan fingerprint density at radius 2 is 1.53 bits per heavy atom. The van der Waals surface area contributed by atoms with Crippen LogP contribution in [-0.4, -0.2) is 10.2 Å². The highest BCUT2D eigenvalue weighted by atomic mass is 32.1. The Labute approximate surface area is 102 Å². The standard InChI is InChI=1S/C14H10O2S/c15-10-3-1-9(2-4-10)13-8-17-14-7-11(16)5-6-12(13)14/h1-8,15-16H. The Kier molecular flexibility index (Phi) is 2.27. The number of hydrogen-bond donors (Lipinski definition) is 2. The first-order valence-corrected chi connectivity index (χ1v) is 6.11. The molecule has 84 valence electrons. The molecule has 0 saturated carbocycles. The lowest BCUT2D eigenvalue weighted by Gasteiger charge is -2.00. The van der Waals surface area contributed by atoms with Gasteiger partial charge in [0.05, 0.1) is 0 Å². The molecular weight excluding hydrogens is 232 g/mol. The average molecular weight is 242 g/mol. The number of hydrogen-bond acceptors (Lipinski definition) is 3. The van der Waals surface area contributed by atoms with Crippen LogP contribution in [0.2, 0.25) is 0 Å². The molecule has 0 unspecified atom stereocenters. The lowest BCUT2D eigenvalue weighted by atomic mass is 10.0. The Hall–Kier alpha value is -2.00. The minimum absolute atomic E-state index is 0.269. The van der Waals surface area contributed by atoms with Crippen LogP contribution in [0.3, 0.4) is 0 Å². The lowest BCUT2D eigenvalue weighted by Crippen LogP contribution is -1.74. The maximum Gasteiger partial charge on any atom is 0.117 e. The largest absolute Gasteiger partial charge is 0.508 e. The molecule has 1 heterocycles. The van der Waals surface area contributed by atoms with E-state index in [9.17, 15) is 10.2 Å². The molecule has 0 aliphatic carbocycles. The van der Waals surface area contributed by atoms with Crippen LogP contribution in [0.4, 0.5) is 0 Å². The van der Waals surface area contributed by atoms with Crippen LogP contribution in [0.15, 0.2) is 47.8 Å². The van der Waals surface area contributed by atoms with Gasteiger partial charge in [-0.15, -0.1) is 11.3 Å². The minimum Gasteiger partial charge on any atom is -0.508 e. The summed E-state index contributed by atoms with van der Waals surface area (Å²) in [6.07, 6.45) is 0. The molecule has 0 aliphatic rings. The van der Waals surface area contributed by atoms with Crippen molar-refractivity contribution in [3.05, 3.63) is 47.8 Å². The molecule has 3 heteroatoms. The molecule has 0 fully saturated rings. The fourth-order valence-electron chi connectivity index (χ4n) is 1.88. The first kappa shape index (κ1) is 10.2. The molecule has 0 saturated heterocycles. The van der Waals surface area contributed by atoms with Gasteiger partial charge in [-0.25, -0.2) is 0 Å². The number of rotatable bonds is 1. The highest BCUT2D eigenvalue weighted by Crippen LogP contribution is 2.35. The van der Waals surface area contributed by atoms with E-state index in [0.717, 1.165) is 21.2 Å². The van der Waals surface area contributed by atoms with Gasteiger partial charge in [0.25, 0.3) is 0 Å². The summed E-state index contributed by atoms with van der Waals surface area (Å²) in [7, 11) is 0. The molecule has 2 aromatic carbocycles. The highest BCUT2D eigenvalue weighted by Gasteiger charge is 2.06. The molecule has 0 radical (unpaired) electrons. The molecule has 2 nitrogen and oxygen atoms in total. The summed E-state index contributed by atoms with van der Waals surface area (Å²) in [4.78, 5) is 0. The third-order valence-electron chi connectivity index (χ3n) is 2.74. The summed E-state index contributed by atoms with van der Waals surface area (Å²) >= 11 is 1.60. The van der Waals surface area contributed by atoms with Crippen LogP contribution >= 0.6 is 11.3 Å². The normalized spacial score (nSPS) is 10.8. The first-order chi connectivity index (χ1) is 8.24. The van der Waals surface area contributed by atoms with Gasteiger partial charge in [-0.3, -0.25) is 0 Å². The van der Waals surface area contributed by atoms with Gasteiger partial charge in [0.2, 0.25) is 0 Å². The first-order valence-electron chi connectivity index (χ1n) is 5.24. The fraction of sp³-hybridized carbons (Fsp3) is 0. The van der Waals surface area contributed by atoms with Crippen LogP contribution in [0, 0.1) is 0 Å². The number of benzene rings is 2. The van der Waals surface area contributed by atoms with Gasteiger partial charge in [-0.05, 0) is 41.3 Å². The Morgan fingerprint density at radius 3 is 2.29 bits per heavy atom. The molecule has 3 aromatic rings. The second-order valence-electron chi connectivity index (χ2n) is 3.88. The van der Waals surface area contributed by atoms with E-state index in [4.69, 9.17) is 0 Å². The molecule has 3 rings (SSSR count). The minimum atomic E-state index is 0.269. The molecule has 2 N–H and O–H groups in total. The fourth-order valence-corrected chi connectivity index (χ4v) is 2.88. The van der Waals surface area contributed by atoms with E-state index in [1.807, 2.05) is 18.2 Å². The molecule has 0 bridgehead atoms. The van der Waals surface area contributed by atoms with Gasteiger partial charge < -0.3 is 10.2 Å². The van der Waals surface area contributed by atoms with Crippen LogP contribution in [0.5, 0.6) is 11.5 Å². The van der Waals surface area contributed by atoms with Crippen molar-refractivity contribution in [1.29, 1.82) is 0 Å². The smallest absolute Gasteiger partial charge is 0.117 e. The van der Waals surface area contributed by atoms with Crippen molar-refractivity contribution < 1.29 is 10.2 Å². The second-order valence-corrected chi connectivity index (χ2v) is 4.79. The zero-order valence-electron chi connectivity index (χ0n) is 8.92. The zero-order valence-corrected chi connectivity index (χ0v) is 9.74. The Bertz CT molecular complexity index is 668. The third kappa shape index (κ3) is 1.74. The van der Waals surface area contributed by atoms with Crippen molar-refractivity contribution in [3.63, 3.8) is 0 Å². The molecular formula is C14H10O2S. The molecule has 0 spiro atoms. The van der Waals surface area contributed by atoms with Crippen molar-refractivity contribution in [2.75, 3.05) is 0 Å². The van der Waals surface area contributed by atoms with E-state index in [-0.39, 0.29) is 11.5 Å². The van der Waals surface area contributed by atoms with Crippen molar-refractivity contribution >= 4 is 21.4 Å². The van der Waals surface area contributed by atoms with E-state index >= 15 is 0 Å². The van der Waals surface area contributed by atoms with E-state index in [2.05, 4.69) is 5.38 Å². The zero-order chi connectivity index (χ0) is 11.8. The SMILES string of the molecule is Oc1ccc(-c2csc3cc(O)ccc23)cc1. The van der Waals surface area contributed by atoms with E-state index in [0.29, 0.717) is 0 Å². The summed E-state index contributed by atoms with van der Waals surface area (Å²) in [5, 5.41) is 21.9. The molecule has 0 atom stereocenters. The summed E-state index contributed by atoms with van der Waals surface area (Å²) in [6.45, 7) is 0. The molecule has 17 heavy (non-hydrogen) atoms. The summed E-state index contributed by atoms with van der Waals surface area (Å²) in [5.74, 6) is 0.558. The Morgan fingerprint density at radius 1 is 0.824 bits per heavy atom. The second kappa shape index (κ2) is 3.79. The third-order valence-corrected chi connectivity index (χ3v) is 3.68. The summed E-state index contributed by atoms with van der Waals surface area (Å²) in [5.41, 5.74) is 2.20. The highest BCUT2D eigenvalue weighted by molar-refractivity contribution is 7.17. The van der Waals surface area contributed by atoms with E-state index in [1.54, 1.807) is 35.6 Å². The van der Waals surface area contributed by atoms with Crippen molar-refractivity contribution in [2.45, 2.75) is 0 Å². The van der Waals surface area contributed by atoms with Crippen molar-refractivity contribution in [2.24, 2.45) is 0 Å². The number of phenols is 2. The quantitative estimate of drug-likeness (QED) is 0.677. The number of aromatic hydroxyl groups is 2. The van der Waals surface area contributed by atoms with E-state index in [1.165, 1.54) is 0 Å². The molecule has 1 aromatic heterocycles. The topological polar surface area (TPSA) is 40.5 Å². The summed E-state index contributed by atoms with van der Waals surface area (Å²) < 4.78 is 1.06. The maximum absolute atomic E-state index is 9.42. The van der Waals surface area contributed by atoms with E-state index < -0.39 is 0 Å². The average Bonchev–Trinajstić information content (AvgIpc) is 2.73. The van der Waals surface area contributed by atoms with Gasteiger partial charge in [-0.2, -0.15) is 0 Å². The number of fused-ring (bicyclic) bond motifs is 1. The van der Waals surface area contributed by atoms with Crippen LogP contribution < -0.4 is 0 Å². The van der Waals surface area contributed by atoms with Crippen molar-refractivity contribution in [1.82, 2.24) is 0 Å². The maximum atomic E-state index is 9.42. The van der Waals surface area contributed by atoms with Crippen LogP contribution in [0.1, 0.15) is 0 Å². The van der Waals surface area contributed by atoms with Gasteiger partial charge in [0, 0.05) is 15.6 Å². The predicted molar refractivity (Wildman–Crippen MR) is 70.6 cm³/mol. The van der Waals surface area contributed by atoms with Gasteiger partial charge in [0.1, 0.15) is 11.5 Å². The van der Waals surface area contributed by atoms with Gasteiger partial charge in [-0.1, -0.05) is 12.1 Å². The predicted octanol–water partition coefficient (Wildman–Crippen LogP) is 3.98. The monoisotopic (exact) mass is 242 g/mol. The van der Waals surface area contributed by atoms with Crippen LogP contribution in [0.25, 0.3) is 21.2 Å². The van der Waals surface area contributed by atoms with Crippen molar-refractivity contribution in [3.8, 4) is 22.6 Å². The lowest BCUT2D eigenvalue weighted by molar-refractivity contribution is 0.475. The molecule has 0 amide bonds. The van der Waals surface area contributed by atoms with Gasteiger partial charge in [0.15, 0.2) is 0 Å². The number of thiophene rings is 1. The van der Waals surface area contributed by atoms with Crippen LogP contribution in [-0.2, 0) is 0 Å². The summed E-state index contributed by atoms with van der Waals surface area (Å²) in [6, 6.07) is 12.5.